The molecule has 0 saturated carbocycles. The molecule has 1 aliphatic rings. The molecule has 1 amide bonds. The summed E-state index contributed by atoms with van der Waals surface area (Å²) in [6.45, 7) is 3.88. The van der Waals surface area contributed by atoms with E-state index in [1.807, 2.05) is 30.4 Å². The van der Waals surface area contributed by atoms with Gasteiger partial charge < -0.3 is 19.7 Å². The molecule has 1 aliphatic heterocycles. The summed E-state index contributed by atoms with van der Waals surface area (Å²) in [6.07, 6.45) is 0.946. The molecule has 7 nitrogen and oxygen atoms in total. The van der Waals surface area contributed by atoms with Gasteiger partial charge in [-0.1, -0.05) is 66.7 Å². The lowest BCUT2D eigenvalue weighted by molar-refractivity contribution is 0.0946. The molecule has 0 fully saturated rings. The average molecular weight is 557 g/mol. The molecule has 1 N–H and O–H groups in total. The van der Waals surface area contributed by atoms with Gasteiger partial charge in [0, 0.05) is 30.9 Å². The topological polar surface area (TPSA) is 66.9 Å². The van der Waals surface area contributed by atoms with E-state index >= 15 is 0 Å². The molecule has 4 aromatic rings. The SMILES string of the molecule is CN(C)CCNC(=O)c1csc(CN(CCC(c2ccccc2)c2ccccc2)Cc2ccc3c(c2)OCO3)n1. The molecule has 0 bridgehead atoms. The molecular formula is C32H36N4O3S. The minimum Gasteiger partial charge on any atom is -0.454 e. The second kappa shape index (κ2) is 13.6. The highest BCUT2D eigenvalue weighted by molar-refractivity contribution is 7.09. The van der Waals surface area contributed by atoms with Gasteiger partial charge in [-0.25, -0.2) is 4.98 Å². The normalized spacial score (nSPS) is 12.4. The van der Waals surface area contributed by atoms with Crippen LogP contribution in [-0.4, -0.2) is 61.2 Å². The Hall–Kier alpha value is -3.72. The second-order valence-electron chi connectivity index (χ2n) is 10.2. The summed E-state index contributed by atoms with van der Waals surface area (Å²) in [7, 11) is 3.98. The van der Waals surface area contributed by atoms with E-state index in [9.17, 15) is 4.79 Å². The van der Waals surface area contributed by atoms with Crippen molar-refractivity contribution < 1.29 is 14.3 Å². The summed E-state index contributed by atoms with van der Waals surface area (Å²) in [4.78, 5) is 21.8. The Bertz CT molecular complexity index is 1340. The lowest BCUT2D eigenvalue weighted by Gasteiger charge is -2.25. The van der Waals surface area contributed by atoms with E-state index in [1.54, 1.807) is 0 Å². The van der Waals surface area contributed by atoms with Crippen LogP contribution in [0.4, 0.5) is 0 Å². The number of nitrogens with zero attached hydrogens (tertiary/aromatic N) is 3. The van der Waals surface area contributed by atoms with Crippen molar-refractivity contribution in [3.05, 3.63) is 112 Å². The van der Waals surface area contributed by atoms with Crippen LogP contribution in [0.2, 0.25) is 0 Å². The number of amides is 1. The van der Waals surface area contributed by atoms with Crippen molar-refractivity contribution in [3.63, 3.8) is 0 Å². The van der Waals surface area contributed by atoms with Crippen LogP contribution in [0.1, 0.15) is 44.5 Å². The maximum absolute atomic E-state index is 12.6. The van der Waals surface area contributed by atoms with E-state index in [4.69, 9.17) is 14.5 Å². The summed E-state index contributed by atoms with van der Waals surface area (Å²) in [5.41, 5.74) is 4.25. The van der Waals surface area contributed by atoms with Crippen LogP contribution in [0.25, 0.3) is 0 Å². The molecule has 1 aromatic heterocycles. The maximum Gasteiger partial charge on any atom is 0.270 e. The van der Waals surface area contributed by atoms with Crippen molar-refractivity contribution in [2.24, 2.45) is 0 Å². The van der Waals surface area contributed by atoms with E-state index < -0.39 is 0 Å². The van der Waals surface area contributed by atoms with Crippen molar-refractivity contribution in [1.82, 2.24) is 20.1 Å². The molecular weight excluding hydrogens is 520 g/mol. The van der Waals surface area contributed by atoms with Crippen molar-refractivity contribution in [2.75, 3.05) is 40.5 Å². The molecule has 0 spiro atoms. The number of rotatable bonds is 13. The lowest BCUT2D eigenvalue weighted by atomic mass is 9.88. The molecule has 2 heterocycles. The van der Waals surface area contributed by atoms with Gasteiger partial charge in [-0.3, -0.25) is 9.69 Å². The van der Waals surface area contributed by atoms with Gasteiger partial charge >= 0.3 is 0 Å². The highest BCUT2D eigenvalue weighted by Gasteiger charge is 2.20. The van der Waals surface area contributed by atoms with Crippen molar-refractivity contribution >= 4 is 17.2 Å². The van der Waals surface area contributed by atoms with Gasteiger partial charge in [0.2, 0.25) is 6.79 Å². The van der Waals surface area contributed by atoms with Crippen LogP contribution in [0.5, 0.6) is 11.5 Å². The number of carbonyl (C=O) groups is 1. The number of ether oxygens (including phenoxy) is 2. The fraction of sp³-hybridized carbons (Fsp3) is 0.312. The quantitative estimate of drug-likeness (QED) is 0.238. The van der Waals surface area contributed by atoms with E-state index in [0.717, 1.165) is 48.1 Å². The Labute approximate surface area is 240 Å². The summed E-state index contributed by atoms with van der Waals surface area (Å²) in [6, 6.07) is 27.5. The fourth-order valence-corrected chi connectivity index (χ4v) is 5.70. The van der Waals surface area contributed by atoms with Gasteiger partial charge in [0.1, 0.15) is 10.7 Å². The number of carbonyl (C=O) groups excluding carboxylic acids is 1. The van der Waals surface area contributed by atoms with Crippen molar-refractivity contribution in [3.8, 4) is 11.5 Å². The van der Waals surface area contributed by atoms with E-state index in [2.05, 4.69) is 83.0 Å². The predicted molar refractivity (Wildman–Crippen MR) is 159 cm³/mol. The molecule has 5 rings (SSSR count). The number of benzene rings is 3. The van der Waals surface area contributed by atoms with Gasteiger partial charge in [-0.2, -0.15) is 0 Å². The second-order valence-corrected chi connectivity index (χ2v) is 11.2. The first kappa shape index (κ1) is 27.8. The molecule has 0 aliphatic carbocycles. The summed E-state index contributed by atoms with van der Waals surface area (Å²) in [5, 5.41) is 5.74. The largest absolute Gasteiger partial charge is 0.454 e. The number of nitrogens with one attached hydrogen (secondary N) is 1. The lowest BCUT2D eigenvalue weighted by Crippen LogP contribution is -2.31. The fourth-order valence-electron chi connectivity index (χ4n) is 4.88. The van der Waals surface area contributed by atoms with Crippen LogP contribution >= 0.6 is 11.3 Å². The van der Waals surface area contributed by atoms with Gasteiger partial charge in [0.05, 0.1) is 6.54 Å². The number of fused-ring (bicyclic) bond motifs is 1. The van der Waals surface area contributed by atoms with Crippen LogP contribution in [0, 0.1) is 0 Å². The van der Waals surface area contributed by atoms with Gasteiger partial charge in [0.25, 0.3) is 5.91 Å². The standard InChI is InChI=1S/C32H36N4O3S/c1-35(2)18-16-33-32(37)28-22-40-31(34-28)21-36(20-24-13-14-29-30(19-24)39-23-38-29)17-15-27(25-9-5-3-6-10-25)26-11-7-4-8-12-26/h3-14,19,22,27H,15-18,20-21,23H2,1-2H3,(H,33,37). The molecule has 0 saturated heterocycles. The Kier molecular flexibility index (Phi) is 9.44. The zero-order chi connectivity index (χ0) is 27.7. The van der Waals surface area contributed by atoms with Gasteiger partial charge in [-0.15, -0.1) is 11.3 Å². The van der Waals surface area contributed by atoms with Crippen LogP contribution in [0.15, 0.2) is 84.2 Å². The molecule has 0 radical (unpaired) electrons. The Morgan fingerprint density at radius 3 is 2.33 bits per heavy atom. The van der Waals surface area contributed by atoms with E-state index in [1.165, 1.54) is 22.5 Å². The third-order valence-corrected chi connectivity index (χ3v) is 7.80. The number of aromatic nitrogens is 1. The zero-order valence-electron chi connectivity index (χ0n) is 23.1. The summed E-state index contributed by atoms with van der Waals surface area (Å²) in [5.74, 6) is 1.72. The minimum absolute atomic E-state index is 0.125. The number of likely N-dealkylation sites (N-methyl/N-ethyl adjacent to an activating group) is 1. The third-order valence-electron chi connectivity index (χ3n) is 6.97. The highest BCUT2D eigenvalue weighted by Crippen LogP contribution is 2.33. The molecule has 3 aromatic carbocycles. The molecule has 208 valence electrons. The number of thiazole rings is 1. The average Bonchev–Trinajstić information content (AvgIpc) is 3.63. The minimum atomic E-state index is -0.125. The third kappa shape index (κ3) is 7.47. The molecule has 40 heavy (non-hydrogen) atoms. The summed E-state index contributed by atoms with van der Waals surface area (Å²) < 4.78 is 11.1. The van der Waals surface area contributed by atoms with Crippen molar-refractivity contribution in [2.45, 2.75) is 25.4 Å². The van der Waals surface area contributed by atoms with E-state index in [0.29, 0.717) is 18.8 Å². The number of hydrogen-bond donors (Lipinski definition) is 1. The van der Waals surface area contributed by atoms with Crippen molar-refractivity contribution in [1.29, 1.82) is 0 Å². The van der Waals surface area contributed by atoms with E-state index in [-0.39, 0.29) is 18.6 Å². The Morgan fingerprint density at radius 1 is 0.925 bits per heavy atom. The smallest absolute Gasteiger partial charge is 0.270 e. The van der Waals surface area contributed by atoms with Crippen LogP contribution in [0.3, 0.4) is 0 Å². The highest BCUT2D eigenvalue weighted by atomic mass is 32.1. The first-order valence-electron chi connectivity index (χ1n) is 13.6. The zero-order valence-corrected chi connectivity index (χ0v) is 23.9. The Morgan fingerprint density at radius 2 is 1.62 bits per heavy atom. The predicted octanol–water partition coefficient (Wildman–Crippen LogP) is 5.39. The van der Waals surface area contributed by atoms with Crippen LogP contribution in [-0.2, 0) is 13.1 Å². The van der Waals surface area contributed by atoms with Gasteiger partial charge in [0.15, 0.2) is 11.5 Å². The molecule has 0 atom stereocenters. The maximum atomic E-state index is 12.6. The summed E-state index contributed by atoms with van der Waals surface area (Å²) >= 11 is 1.53. The Balaban J connectivity index is 1.33. The first-order chi connectivity index (χ1) is 19.5. The van der Waals surface area contributed by atoms with Crippen LogP contribution < -0.4 is 14.8 Å². The van der Waals surface area contributed by atoms with Gasteiger partial charge in [-0.05, 0) is 55.9 Å². The monoisotopic (exact) mass is 556 g/mol. The molecule has 8 heteroatoms. The first-order valence-corrected chi connectivity index (χ1v) is 14.5. The number of hydrogen-bond acceptors (Lipinski definition) is 7. The molecule has 0 unspecified atom stereocenters.